The van der Waals surface area contributed by atoms with Gasteiger partial charge in [0.15, 0.2) is 17.2 Å². The number of nitro groups is 1. The molecule has 0 atom stereocenters. The first kappa shape index (κ1) is 20.8. The Bertz CT molecular complexity index is 1320. The summed E-state index contributed by atoms with van der Waals surface area (Å²) in [6.07, 6.45) is 0. The van der Waals surface area contributed by atoms with Crippen molar-refractivity contribution in [3.05, 3.63) is 68.1 Å². The van der Waals surface area contributed by atoms with Crippen LogP contribution in [0.2, 0.25) is 0 Å². The summed E-state index contributed by atoms with van der Waals surface area (Å²) < 4.78 is 11.8. The van der Waals surface area contributed by atoms with Gasteiger partial charge < -0.3 is 9.47 Å². The number of aromatic nitrogens is 2. The highest BCUT2D eigenvalue weighted by molar-refractivity contribution is 6.06. The average molecular weight is 439 g/mol. The zero-order valence-electron chi connectivity index (χ0n) is 16.8. The summed E-state index contributed by atoms with van der Waals surface area (Å²) >= 11 is 0. The molecule has 4 rings (SSSR count). The average Bonchev–Trinajstić information content (AvgIpc) is 2.81. The zero-order chi connectivity index (χ0) is 22.8. The molecule has 2 amide bonds. The molecule has 0 radical (unpaired) electrons. The van der Waals surface area contributed by atoms with Crippen molar-refractivity contribution in [2.75, 3.05) is 13.2 Å². The van der Waals surface area contributed by atoms with Gasteiger partial charge in [0.2, 0.25) is 0 Å². The van der Waals surface area contributed by atoms with Crippen molar-refractivity contribution < 1.29 is 24.0 Å². The fourth-order valence-electron chi connectivity index (χ4n) is 3.27. The molecule has 0 saturated carbocycles. The second-order valence-corrected chi connectivity index (χ2v) is 6.69. The number of nitrogens with zero attached hydrogens (tertiary/aromatic N) is 3. The Labute approximate surface area is 179 Å². The predicted molar refractivity (Wildman–Crippen MR) is 111 cm³/mol. The van der Waals surface area contributed by atoms with Crippen molar-refractivity contribution in [3.8, 4) is 11.5 Å². The van der Waals surface area contributed by atoms with E-state index in [0.717, 1.165) is 10.7 Å². The Balaban J connectivity index is 1.62. The van der Waals surface area contributed by atoms with Crippen LogP contribution in [0.4, 0.5) is 5.69 Å². The smallest absolute Gasteiger partial charge is 0.290 e. The van der Waals surface area contributed by atoms with Gasteiger partial charge in [0.25, 0.3) is 23.1 Å². The molecule has 2 heterocycles. The zero-order valence-corrected chi connectivity index (χ0v) is 16.8. The largest absolute Gasteiger partial charge is 0.486 e. The van der Waals surface area contributed by atoms with Crippen molar-refractivity contribution >= 4 is 28.3 Å². The number of aryl methyl sites for hydroxylation is 1. The molecule has 2 N–H and O–H groups in total. The molecule has 0 aliphatic carbocycles. The van der Waals surface area contributed by atoms with Gasteiger partial charge in [0, 0.05) is 18.0 Å². The molecule has 0 unspecified atom stereocenters. The number of hydrogen-bond acceptors (Lipinski definition) is 8. The minimum Gasteiger partial charge on any atom is -0.486 e. The van der Waals surface area contributed by atoms with Gasteiger partial charge in [-0.05, 0) is 13.0 Å². The topological polar surface area (TPSA) is 155 Å². The third-order valence-electron chi connectivity index (χ3n) is 4.77. The van der Waals surface area contributed by atoms with Crippen LogP contribution in [-0.4, -0.2) is 39.7 Å². The second-order valence-electron chi connectivity index (χ2n) is 6.69. The van der Waals surface area contributed by atoms with Crippen LogP contribution in [0.3, 0.4) is 0 Å². The van der Waals surface area contributed by atoms with Crippen molar-refractivity contribution in [3.63, 3.8) is 0 Å². The quantitative estimate of drug-likeness (QED) is 0.453. The van der Waals surface area contributed by atoms with E-state index in [1.165, 1.54) is 6.07 Å². The lowest BCUT2D eigenvalue weighted by molar-refractivity contribution is -0.385. The van der Waals surface area contributed by atoms with E-state index in [0.29, 0.717) is 10.8 Å². The molecule has 12 heteroatoms. The fraction of sp³-hybridized carbons (Fsp3) is 0.200. The standard InChI is InChI=1S/C20H17N5O7/c1-2-24-20(28)12-6-4-3-5-11(12)17(23-24)19(27)22-21-18(26)13-9-15-16(32-8-7-31-15)10-14(13)25(29)30/h3-6,9-10H,2,7-8H2,1H3,(H,21,26)(H,22,27). The second kappa shape index (κ2) is 8.34. The molecule has 0 spiro atoms. The lowest BCUT2D eigenvalue weighted by Crippen LogP contribution is -2.43. The van der Waals surface area contributed by atoms with Crippen molar-refractivity contribution in [2.24, 2.45) is 0 Å². The van der Waals surface area contributed by atoms with E-state index in [4.69, 9.17) is 9.47 Å². The van der Waals surface area contributed by atoms with Gasteiger partial charge in [-0.1, -0.05) is 18.2 Å². The number of amides is 2. The van der Waals surface area contributed by atoms with Gasteiger partial charge in [-0.2, -0.15) is 5.10 Å². The monoisotopic (exact) mass is 439 g/mol. The van der Waals surface area contributed by atoms with Gasteiger partial charge in [-0.15, -0.1) is 0 Å². The molecular weight excluding hydrogens is 422 g/mol. The summed E-state index contributed by atoms with van der Waals surface area (Å²) in [7, 11) is 0. The number of carbonyl (C=O) groups excluding carboxylic acids is 2. The predicted octanol–water partition coefficient (Wildman–Crippen LogP) is 1.17. The van der Waals surface area contributed by atoms with Crippen LogP contribution in [0.25, 0.3) is 10.8 Å². The summed E-state index contributed by atoms with van der Waals surface area (Å²) in [5.74, 6) is -1.39. The Morgan fingerprint density at radius 1 is 1.09 bits per heavy atom. The molecule has 1 aliphatic rings. The Morgan fingerprint density at radius 2 is 1.72 bits per heavy atom. The van der Waals surface area contributed by atoms with E-state index >= 15 is 0 Å². The van der Waals surface area contributed by atoms with Crippen molar-refractivity contribution in [2.45, 2.75) is 13.5 Å². The Kier molecular flexibility index (Phi) is 5.41. The molecule has 0 fully saturated rings. The summed E-state index contributed by atoms with van der Waals surface area (Å²) in [5, 5.41) is 16.1. The maximum atomic E-state index is 12.7. The number of hydrogen-bond donors (Lipinski definition) is 2. The highest BCUT2D eigenvalue weighted by atomic mass is 16.6. The van der Waals surface area contributed by atoms with Gasteiger partial charge in [-0.25, -0.2) is 4.68 Å². The summed E-state index contributed by atoms with van der Waals surface area (Å²) in [4.78, 5) is 48.5. The van der Waals surface area contributed by atoms with Crippen LogP contribution in [0, 0.1) is 10.1 Å². The number of nitrogens with one attached hydrogen (secondary N) is 2. The van der Waals surface area contributed by atoms with E-state index in [1.54, 1.807) is 31.2 Å². The third kappa shape index (κ3) is 3.69. The Hall–Kier alpha value is -4.48. The highest BCUT2D eigenvalue weighted by Gasteiger charge is 2.27. The van der Waals surface area contributed by atoms with E-state index < -0.39 is 22.4 Å². The van der Waals surface area contributed by atoms with Crippen molar-refractivity contribution in [1.82, 2.24) is 20.6 Å². The number of nitro benzene ring substituents is 1. The van der Waals surface area contributed by atoms with E-state index in [9.17, 15) is 24.5 Å². The van der Waals surface area contributed by atoms with Gasteiger partial charge in [0.1, 0.15) is 18.8 Å². The molecule has 32 heavy (non-hydrogen) atoms. The number of ether oxygens (including phenoxy) is 2. The van der Waals surface area contributed by atoms with E-state index in [2.05, 4.69) is 16.0 Å². The molecule has 12 nitrogen and oxygen atoms in total. The Morgan fingerprint density at radius 3 is 2.38 bits per heavy atom. The minimum atomic E-state index is -0.935. The van der Waals surface area contributed by atoms with Gasteiger partial charge >= 0.3 is 0 Å². The molecule has 0 saturated heterocycles. The summed E-state index contributed by atoms with van der Waals surface area (Å²) in [6, 6.07) is 8.71. The summed E-state index contributed by atoms with van der Waals surface area (Å²) in [5.41, 5.74) is 3.08. The first-order valence-electron chi connectivity index (χ1n) is 9.59. The van der Waals surface area contributed by atoms with Crippen LogP contribution in [0.15, 0.2) is 41.2 Å². The maximum Gasteiger partial charge on any atom is 0.290 e. The van der Waals surface area contributed by atoms with Gasteiger partial charge in [-0.3, -0.25) is 35.3 Å². The third-order valence-corrected chi connectivity index (χ3v) is 4.77. The number of carbonyl (C=O) groups is 2. The molecule has 1 aromatic heterocycles. The highest BCUT2D eigenvalue weighted by Crippen LogP contribution is 2.36. The maximum absolute atomic E-state index is 12.7. The van der Waals surface area contributed by atoms with E-state index in [1.807, 2.05) is 0 Å². The number of benzene rings is 2. The molecule has 0 bridgehead atoms. The van der Waals surface area contributed by atoms with Crippen molar-refractivity contribution in [1.29, 1.82) is 0 Å². The molecule has 164 valence electrons. The summed E-state index contributed by atoms with van der Waals surface area (Å²) in [6.45, 7) is 2.40. The first-order chi connectivity index (χ1) is 15.4. The molecular formula is C20H17N5O7. The van der Waals surface area contributed by atoms with Crippen LogP contribution in [-0.2, 0) is 6.54 Å². The fourth-order valence-corrected chi connectivity index (χ4v) is 3.27. The van der Waals surface area contributed by atoms with Gasteiger partial charge in [0.05, 0.1) is 16.4 Å². The molecule has 1 aliphatic heterocycles. The number of rotatable bonds is 4. The van der Waals surface area contributed by atoms with Crippen LogP contribution in [0.5, 0.6) is 11.5 Å². The first-order valence-corrected chi connectivity index (χ1v) is 9.59. The number of fused-ring (bicyclic) bond motifs is 2. The SMILES string of the molecule is CCn1nc(C(=O)NNC(=O)c2cc3c(cc2[N+](=O)[O-])OCCO3)c2ccccc2c1=O. The number of hydrazine groups is 1. The normalized spacial score (nSPS) is 12.3. The lowest BCUT2D eigenvalue weighted by atomic mass is 10.1. The van der Waals surface area contributed by atoms with Crippen LogP contribution >= 0.6 is 0 Å². The van der Waals surface area contributed by atoms with Crippen LogP contribution < -0.4 is 25.9 Å². The van der Waals surface area contributed by atoms with Crippen LogP contribution in [0.1, 0.15) is 27.8 Å². The van der Waals surface area contributed by atoms with E-state index in [-0.39, 0.29) is 48.1 Å². The lowest BCUT2D eigenvalue weighted by Gasteiger charge is -2.19. The minimum absolute atomic E-state index is 0.0842. The molecule has 2 aromatic carbocycles. The molecule has 3 aromatic rings.